The Hall–Kier alpha value is -1.42. The van der Waals surface area contributed by atoms with Gasteiger partial charge in [-0.1, -0.05) is 57.5 Å². The largest absolute Gasteiger partial charge is 0.388 e. The Morgan fingerprint density at radius 1 is 1.06 bits per heavy atom. The van der Waals surface area contributed by atoms with Crippen molar-refractivity contribution in [3.8, 4) is 0 Å². The lowest BCUT2D eigenvalue weighted by atomic mass is 9.52. The van der Waals surface area contributed by atoms with Crippen LogP contribution in [0, 0.1) is 11.7 Å². The van der Waals surface area contributed by atoms with Gasteiger partial charge in [0.15, 0.2) is 0 Å². The average molecular weight is 488 g/mol. The van der Waals surface area contributed by atoms with Crippen LogP contribution < -0.4 is 0 Å². The first-order chi connectivity index (χ1) is 15.6. The molecule has 4 rings (SSSR count). The number of aryl methyl sites for hydroxylation is 1. The summed E-state index contributed by atoms with van der Waals surface area (Å²) in [5, 5.41) is 10.6. The summed E-state index contributed by atoms with van der Waals surface area (Å²) < 4.78 is 13.2. The third-order valence-corrected chi connectivity index (χ3v) is 9.11. The van der Waals surface area contributed by atoms with Gasteiger partial charge in [-0.25, -0.2) is 4.39 Å². The molecular weight excluding hydrogens is 445 g/mol. The molecule has 0 aliphatic heterocycles. The van der Waals surface area contributed by atoms with E-state index in [-0.39, 0.29) is 29.2 Å². The van der Waals surface area contributed by atoms with Gasteiger partial charge in [-0.05, 0) is 111 Å². The zero-order chi connectivity index (χ0) is 23.8. The molecule has 4 unspecified atom stereocenters. The smallest absolute Gasteiger partial charge is 0.123 e. The zero-order valence-electron chi connectivity index (χ0n) is 21.6. The Kier molecular flexibility index (Phi) is 8.54. The van der Waals surface area contributed by atoms with Gasteiger partial charge in [0.2, 0.25) is 0 Å². The third kappa shape index (κ3) is 5.08. The van der Waals surface area contributed by atoms with E-state index in [9.17, 15) is 9.50 Å². The molecule has 2 aliphatic carbocycles. The van der Waals surface area contributed by atoms with Crippen LogP contribution in [-0.4, -0.2) is 29.1 Å². The summed E-state index contributed by atoms with van der Waals surface area (Å²) >= 11 is 0. The third-order valence-electron chi connectivity index (χ3n) is 9.11. The summed E-state index contributed by atoms with van der Waals surface area (Å²) in [7, 11) is 2.29. The van der Waals surface area contributed by atoms with Crippen molar-refractivity contribution in [2.75, 3.05) is 13.6 Å². The number of halogens is 2. The molecule has 188 valence electrons. The van der Waals surface area contributed by atoms with E-state index in [1.54, 1.807) is 23.3 Å². The van der Waals surface area contributed by atoms with E-state index in [0.29, 0.717) is 18.3 Å². The first-order valence-corrected chi connectivity index (χ1v) is 12.9. The van der Waals surface area contributed by atoms with Crippen LogP contribution in [0.5, 0.6) is 0 Å². The Bertz CT molecular complexity index is 961. The van der Waals surface area contributed by atoms with E-state index in [2.05, 4.69) is 57.8 Å². The summed E-state index contributed by atoms with van der Waals surface area (Å²) in [6, 6.07) is 13.5. The monoisotopic (exact) mass is 487 g/mol. The van der Waals surface area contributed by atoms with Gasteiger partial charge in [-0.2, -0.15) is 0 Å². The summed E-state index contributed by atoms with van der Waals surface area (Å²) in [6.07, 6.45) is 7.32. The van der Waals surface area contributed by atoms with E-state index in [1.165, 1.54) is 49.8 Å². The van der Waals surface area contributed by atoms with Crippen molar-refractivity contribution in [3.05, 3.63) is 70.5 Å². The van der Waals surface area contributed by atoms with Gasteiger partial charge in [-0.15, -0.1) is 12.4 Å². The number of aliphatic hydroxyl groups excluding tert-OH is 1. The molecule has 1 saturated carbocycles. The van der Waals surface area contributed by atoms with Crippen LogP contribution in [0.2, 0.25) is 0 Å². The van der Waals surface area contributed by atoms with Crippen molar-refractivity contribution in [1.82, 2.24) is 4.90 Å². The minimum atomic E-state index is -0.528. The predicted octanol–water partition coefficient (Wildman–Crippen LogP) is 7.58. The maximum absolute atomic E-state index is 13.2. The SMILES string of the molecule is CC(C)c1ccc2c(c1)CCC1C2(C)CCCC1(C)N(C)CCCC(O)c1ccc(F)cc1.Cl. The van der Waals surface area contributed by atoms with E-state index >= 15 is 0 Å². The number of nitrogens with zero attached hydrogens (tertiary/aromatic N) is 1. The van der Waals surface area contributed by atoms with Gasteiger partial charge < -0.3 is 10.0 Å². The lowest BCUT2D eigenvalue weighted by Crippen LogP contribution is -2.60. The summed E-state index contributed by atoms with van der Waals surface area (Å²) in [5.74, 6) is 0.963. The Balaban J connectivity index is 0.00000324. The molecule has 0 spiro atoms. The summed E-state index contributed by atoms with van der Waals surface area (Å²) in [4.78, 5) is 2.58. The molecule has 1 fully saturated rings. The molecular formula is C30H43ClFNO. The molecule has 2 aromatic carbocycles. The van der Waals surface area contributed by atoms with Crippen molar-refractivity contribution >= 4 is 12.4 Å². The van der Waals surface area contributed by atoms with Crippen LogP contribution in [0.4, 0.5) is 4.39 Å². The van der Waals surface area contributed by atoms with Gasteiger partial charge in [-0.3, -0.25) is 0 Å². The van der Waals surface area contributed by atoms with Gasteiger partial charge in [0.25, 0.3) is 0 Å². The predicted molar refractivity (Wildman–Crippen MR) is 142 cm³/mol. The average Bonchev–Trinajstić information content (AvgIpc) is 2.78. The highest BCUT2D eigenvalue weighted by atomic mass is 35.5. The molecule has 34 heavy (non-hydrogen) atoms. The molecule has 2 aromatic rings. The molecule has 0 amide bonds. The number of aliphatic hydroxyl groups is 1. The molecule has 2 aliphatic rings. The molecule has 4 atom stereocenters. The van der Waals surface area contributed by atoms with E-state index in [4.69, 9.17) is 0 Å². The minimum absolute atomic E-state index is 0. The Labute approximate surface area is 212 Å². The fourth-order valence-corrected chi connectivity index (χ4v) is 6.92. The van der Waals surface area contributed by atoms with Crippen LogP contribution in [0.1, 0.15) is 100 Å². The number of hydrogen-bond donors (Lipinski definition) is 1. The lowest BCUT2D eigenvalue weighted by molar-refractivity contribution is -0.0223. The molecule has 0 bridgehead atoms. The van der Waals surface area contributed by atoms with E-state index in [1.807, 2.05) is 0 Å². The number of benzene rings is 2. The first-order valence-electron chi connectivity index (χ1n) is 12.9. The van der Waals surface area contributed by atoms with Gasteiger partial charge >= 0.3 is 0 Å². The van der Waals surface area contributed by atoms with E-state index < -0.39 is 6.10 Å². The Morgan fingerprint density at radius 2 is 1.74 bits per heavy atom. The van der Waals surface area contributed by atoms with Gasteiger partial charge in [0, 0.05) is 5.54 Å². The number of hydrogen-bond acceptors (Lipinski definition) is 2. The van der Waals surface area contributed by atoms with Crippen LogP contribution in [0.3, 0.4) is 0 Å². The van der Waals surface area contributed by atoms with Crippen LogP contribution in [0.15, 0.2) is 42.5 Å². The first kappa shape index (κ1) is 27.2. The fraction of sp³-hybridized carbons (Fsp3) is 0.600. The van der Waals surface area contributed by atoms with Crippen molar-refractivity contribution in [2.45, 2.75) is 95.6 Å². The van der Waals surface area contributed by atoms with Crippen LogP contribution in [-0.2, 0) is 11.8 Å². The summed E-state index contributed by atoms with van der Waals surface area (Å²) in [6.45, 7) is 10.6. The zero-order valence-corrected chi connectivity index (χ0v) is 22.4. The molecule has 2 nitrogen and oxygen atoms in total. The quantitative estimate of drug-likeness (QED) is 0.435. The van der Waals surface area contributed by atoms with E-state index in [0.717, 1.165) is 18.5 Å². The van der Waals surface area contributed by atoms with Crippen molar-refractivity contribution in [2.24, 2.45) is 5.92 Å². The highest BCUT2D eigenvalue weighted by molar-refractivity contribution is 5.85. The van der Waals surface area contributed by atoms with Crippen molar-refractivity contribution in [1.29, 1.82) is 0 Å². The lowest BCUT2D eigenvalue weighted by Gasteiger charge is -2.58. The molecule has 0 aromatic heterocycles. The molecule has 0 saturated heterocycles. The standard InChI is InChI=1S/C30H42FNO.ClH/c1-21(2)23-11-15-26-24(20-23)12-16-28-29(26,3)17-7-18-30(28,4)32(5)19-6-8-27(33)22-9-13-25(31)14-10-22;/h9-11,13-15,20-21,27-28,33H,6-8,12,16-19H2,1-5H3;1H. The summed E-state index contributed by atoms with van der Waals surface area (Å²) in [5.41, 5.74) is 5.84. The molecule has 0 radical (unpaired) electrons. The molecule has 1 N–H and O–H groups in total. The molecule has 4 heteroatoms. The number of rotatable bonds is 7. The highest BCUT2D eigenvalue weighted by Crippen LogP contribution is 2.55. The number of fused-ring (bicyclic) bond motifs is 3. The van der Waals surface area contributed by atoms with Gasteiger partial charge in [0.05, 0.1) is 6.10 Å². The van der Waals surface area contributed by atoms with Crippen molar-refractivity contribution < 1.29 is 9.50 Å². The normalized spacial score (nSPS) is 27.1. The molecule has 0 heterocycles. The highest BCUT2D eigenvalue weighted by Gasteiger charge is 2.53. The van der Waals surface area contributed by atoms with Crippen LogP contribution in [0.25, 0.3) is 0 Å². The van der Waals surface area contributed by atoms with Gasteiger partial charge in [0.1, 0.15) is 5.82 Å². The van der Waals surface area contributed by atoms with Crippen molar-refractivity contribution in [3.63, 3.8) is 0 Å². The second-order valence-corrected chi connectivity index (χ2v) is 11.4. The second-order valence-electron chi connectivity index (χ2n) is 11.4. The topological polar surface area (TPSA) is 23.5 Å². The maximum Gasteiger partial charge on any atom is 0.123 e. The Morgan fingerprint density at radius 3 is 2.41 bits per heavy atom. The van der Waals surface area contributed by atoms with Crippen LogP contribution >= 0.6 is 12.4 Å². The fourth-order valence-electron chi connectivity index (χ4n) is 6.92. The maximum atomic E-state index is 13.2. The minimum Gasteiger partial charge on any atom is -0.388 e. The second kappa shape index (κ2) is 10.7.